The Morgan fingerprint density at radius 2 is 2.09 bits per heavy atom. The lowest BCUT2D eigenvalue weighted by molar-refractivity contribution is -0.178. The molecular weight excluding hydrogens is 157 g/mol. The van der Waals surface area contributed by atoms with Gasteiger partial charge in [-0.05, 0) is 18.9 Å². The van der Waals surface area contributed by atoms with Crippen LogP contribution >= 0.6 is 0 Å². The highest BCUT2D eigenvalue weighted by Crippen LogP contribution is 2.36. The van der Waals surface area contributed by atoms with E-state index in [9.17, 15) is 13.2 Å². The molecule has 0 aliphatic heterocycles. The van der Waals surface area contributed by atoms with Gasteiger partial charge in [-0.3, -0.25) is 0 Å². The molecular formula is C7H9F3O. The molecule has 1 nitrogen and oxygen atoms in total. The lowest BCUT2D eigenvalue weighted by atomic mass is 9.93. The quantitative estimate of drug-likeness (QED) is 0.586. The zero-order chi connectivity index (χ0) is 8.48. The molecule has 1 N–H and O–H groups in total. The topological polar surface area (TPSA) is 20.2 Å². The largest absolute Gasteiger partial charge is 0.513 e. The third kappa shape index (κ3) is 2.13. The first-order valence-corrected chi connectivity index (χ1v) is 3.45. The summed E-state index contributed by atoms with van der Waals surface area (Å²) in [6.07, 6.45) is -2.52. The van der Waals surface area contributed by atoms with Gasteiger partial charge in [-0.1, -0.05) is 0 Å². The monoisotopic (exact) mass is 166 g/mol. The summed E-state index contributed by atoms with van der Waals surface area (Å²) in [5, 5.41) is 8.80. The van der Waals surface area contributed by atoms with Crippen LogP contribution in [0.4, 0.5) is 13.2 Å². The van der Waals surface area contributed by atoms with Crippen LogP contribution in [0.2, 0.25) is 0 Å². The summed E-state index contributed by atoms with van der Waals surface area (Å²) >= 11 is 0. The fraction of sp³-hybridized carbons (Fsp3) is 0.714. The Kier molecular flexibility index (Phi) is 2.11. The maximum absolute atomic E-state index is 12.0. The summed E-state index contributed by atoms with van der Waals surface area (Å²) in [7, 11) is 0. The molecule has 4 heteroatoms. The van der Waals surface area contributed by atoms with E-state index in [0.717, 1.165) is 0 Å². The molecule has 64 valence electrons. The van der Waals surface area contributed by atoms with Gasteiger partial charge >= 0.3 is 6.18 Å². The number of hydrogen-bond acceptors (Lipinski definition) is 1. The predicted molar refractivity (Wildman–Crippen MR) is 34.1 cm³/mol. The van der Waals surface area contributed by atoms with Crippen molar-refractivity contribution in [1.29, 1.82) is 0 Å². The van der Waals surface area contributed by atoms with Gasteiger partial charge in [-0.2, -0.15) is 13.2 Å². The molecule has 0 aromatic rings. The molecule has 0 aromatic carbocycles. The van der Waals surface area contributed by atoms with Crippen molar-refractivity contribution in [3.05, 3.63) is 11.8 Å². The van der Waals surface area contributed by atoms with Crippen molar-refractivity contribution >= 4 is 0 Å². The van der Waals surface area contributed by atoms with Gasteiger partial charge in [0, 0.05) is 6.42 Å². The van der Waals surface area contributed by atoms with E-state index in [1.54, 1.807) is 0 Å². The first kappa shape index (κ1) is 8.43. The highest BCUT2D eigenvalue weighted by Gasteiger charge is 2.40. The SMILES string of the molecule is OC1=CCCC(C(F)(F)F)C1. The number of aliphatic hydroxyl groups is 1. The lowest BCUT2D eigenvalue weighted by Gasteiger charge is -2.22. The van der Waals surface area contributed by atoms with Gasteiger partial charge in [0.15, 0.2) is 0 Å². The molecule has 0 radical (unpaired) electrons. The van der Waals surface area contributed by atoms with Crippen LogP contribution in [0.25, 0.3) is 0 Å². The highest BCUT2D eigenvalue weighted by atomic mass is 19.4. The number of rotatable bonds is 0. The van der Waals surface area contributed by atoms with Crippen LogP contribution in [0.5, 0.6) is 0 Å². The number of alkyl halides is 3. The summed E-state index contributed by atoms with van der Waals surface area (Å²) in [5.41, 5.74) is 0. The van der Waals surface area contributed by atoms with Crippen LogP contribution in [-0.4, -0.2) is 11.3 Å². The lowest BCUT2D eigenvalue weighted by Crippen LogP contribution is -2.24. The van der Waals surface area contributed by atoms with E-state index in [-0.39, 0.29) is 18.6 Å². The molecule has 0 bridgehead atoms. The molecule has 11 heavy (non-hydrogen) atoms. The standard InChI is InChI=1S/C7H9F3O/c8-7(9,10)5-2-1-3-6(11)4-5/h3,5,11H,1-2,4H2. The van der Waals surface area contributed by atoms with Gasteiger partial charge in [0.2, 0.25) is 0 Å². The minimum atomic E-state index is -4.15. The summed E-state index contributed by atoms with van der Waals surface area (Å²) in [6.45, 7) is 0. The molecule has 0 heterocycles. The van der Waals surface area contributed by atoms with Crippen LogP contribution in [0, 0.1) is 5.92 Å². The van der Waals surface area contributed by atoms with Crippen molar-refractivity contribution in [2.24, 2.45) is 5.92 Å². The zero-order valence-corrected chi connectivity index (χ0v) is 5.86. The first-order valence-electron chi connectivity index (χ1n) is 3.45. The van der Waals surface area contributed by atoms with Crippen molar-refractivity contribution in [1.82, 2.24) is 0 Å². The van der Waals surface area contributed by atoms with E-state index in [0.29, 0.717) is 6.42 Å². The van der Waals surface area contributed by atoms with Crippen LogP contribution in [0.3, 0.4) is 0 Å². The van der Waals surface area contributed by atoms with Gasteiger partial charge in [0.1, 0.15) is 0 Å². The number of allylic oxidation sites excluding steroid dienone is 2. The maximum atomic E-state index is 12.0. The first-order chi connectivity index (χ1) is 5.00. The normalized spacial score (nSPS) is 26.5. The van der Waals surface area contributed by atoms with Gasteiger partial charge in [-0.25, -0.2) is 0 Å². The Bertz CT molecular complexity index is 171. The molecule has 0 saturated carbocycles. The predicted octanol–water partition coefficient (Wildman–Crippen LogP) is 2.79. The van der Waals surface area contributed by atoms with E-state index in [1.807, 2.05) is 0 Å². The summed E-state index contributed by atoms with van der Waals surface area (Å²) in [6, 6.07) is 0. The average Bonchev–Trinajstić information content (AvgIpc) is 1.86. The molecule has 1 unspecified atom stereocenters. The van der Waals surface area contributed by atoms with Crippen molar-refractivity contribution in [3.63, 3.8) is 0 Å². The van der Waals surface area contributed by atoms with Gasteiger partial charge in [0.05, 0.1) is 11.7 Å². The number of aliphatic hydroxyl groups excluding tert-OH is 1. The van der Waals surface area contributed by atoms with Crippen LogP contribution < -0.4 is 0 Å². The molecule has 0 aromatic heterocycles. The molecule has 0 saturated heterocycles. The number of halogens is 3. The smallest absolute Gasteiger partial charge is 0.392 e. The fourth-order valence-electron chi connectivity index (χ4n) is 1.17. The second-order valence-corrected chi connectivity index (χ2v) is 2.72. The molecule has 1 atom stereocenters. The van der Waals surface area contributed by atoms with Gasteiger partial charge in [-0.15, -0.1) is 0 Å². The number of hydrogen-bond donors (Lipinski definition) is 1. The summed E-state index contributed by atoms with van der Waals surface area (Å²) < 4.78 is 35.9. The Labute approximate surface area is 62.5 Å². The van der Waals surface area contributed by atoms with E-state index < -0.39 is 12.1 Å². The molecule has 0 spiro atoms. The Morgan fingerprint density at radius 1 is 1.45 bits per heavy atom. The Morgan fingerprint density at radius 3 is 2.45 bits per heavy atom. The third-order valence-corrected chi connectivity index (χ3v) is 1.81. The van der Waals surface area contributed by atoms with Crippen molar-refractivity contribution in [2.45, 2.75) is 25.4 Å². The summed E-state index contributed by atoms with van der Waals surface area (Å²) in [5.74, 6) is -1.47. The third-order valence-electron chi connectivity index (χ3n) is 1.81. The second-order valence-electron chi connectivity index (χ2n) is 2.72. The van der Waals surface area contributed by atoms with Crippen molar-refractivity contribution in [2.75, 3.05) is 0 Å². The highest BCUT2D eigenvalue weighted by molar-refractivity contribution is 4.98. The van der Waals surface area contributed by atoms with Crippen LogP contribution in [-0.2, 0) is 0 Å². The van der Waals surface area contributed by atoms with Crippen LogP contribution in [0.15, 0.2) is 11.8 Å². The molecule has 1 rings (SSSR count). The Balaban J connectivity index is 2.58. The minimum absolute atomic E-state index is 0.105. The second kappa shape index (κ2) is 2.75. The van der Waals surface area contributed by atoms with E-state index in [1.165, 1.54) is 6.08 Å². The van der Waals surface area contributed by atoms with E-state index in [4.69, 9.17) is 5.11 Å². The average molecular weight is 166 g/mol. The van der Waals surface area contributed by atoms with E-state index in [2.05, 4.69) is 0 Å². The zero-order valence-electron chi connectivity index (χ0n) is 5.86. The van der Waals surface area contributed by atoms with Crippen molar-refractivity contribution in [3.8, 4) is 0 Å². The Hall–Kier alpha value is -0.670. The van der Waals surface area contributed by atoms with Crippen molar-refractivity contribution < 1.29 is 18.3 Å². The van der Waals surface area contributed by atoms with E-state index >= 15 is 0 Å². The maximum Gasteiger partial charge on any atom is 0.392 e. The van der Waals surface area contributed by atoms with Crippen LogP contribution in [0.1, 0.15) is 19.3 Å². The fourth-order valence-corrected chi connectivity index (χ4v) is 1.17. The summed E-state index contributed by atoms with van der Waals surface area (Å²) in [4.78, 5) is 0. The molecule has 1 aliphatic rings. The molecule has 0 fully saturated rings. The minimum Gasteiger partial charge on any atom is -0.513 e. The van der Waals surface area contributed by atoms with Gasteiger partial charge in [0.25, 0.3) is 0 Å². The molecule has 1 aliphatic carbocycles. The molecule has 0 amide bonds. The van der Waals surface area contributed by atoms with Gasteiger partial charge < -0.3 is 5.11 Å².